The van der Waals surface area contributed by atoms with Gasteiger partial charge in [-0.1, -0.05) is 12.1 Å². The second kappa shape index (κ2) is 9.92. The molecule has 2 aliphatic rings. The van der Waals surface area contributed by atoms with E-state index in [2.05, 4.69) is 10.6 Å². The molecular formula is C30H24N4O5S. The number of anilines is 2. The summed E-state index contributed by atoms with van der Waals surface area (Å²) >= 11 is 5.09. The van der Waals surface area contributed by atoms with Gasteiger partial charge in [-0.2, -0.15) is 10.5 Å². The first-order valence-electron chi connectivity index (χ1n) is 12.3. The summed E-state index contributed by atoms with van der Waals surface area (Å²) in [4.78, 5) is 11.5. The normalized spacial score (nSPS) is 15.8. The van der Waals surface area contributed by atoms with Gasteiger partial charge in [0.25, 0.3) is 5.17 Å². The standard InChI is InChI=1S/C15H12N2O3.C15H12N2O2S/c1-15(2)12-6-9(10-5-11(7-16)19-8-10)3-4-13(12)17-14(18)20-15;1-15(2)12-6-9(10-5-11(7-16)18-8-10)3-4-13(12)17-14(20)19-15/h3-6,8H,1-2H3,(H,17,18);3-6,8H,1-2H3,(H,17,20). The molecule has 0 radical (unpaired) electrons. The Morgan fingerprint density at radius 2 is 1.18 bits per heavy atom. The maximum atomic E-state index is 11.5. The van der Waals surface area contributed by atoms with Crippen LogP contribution in [0.15, 0.2) is 69.9 Å². The Morgan fingerprint density at radius 1 is 0.700 bits per heavy atom. The molecule has 0 bridgehead atoms. The van der Waals surface area contributed by atoms with Crippen LogP contribution in [0.4, 0.5) is 16.2 Å². The number of carbonyl (C=O) groups is 1. The largest absolute Gasteiger partial charge is 0.460 e. The van der Waals surface area contributed by atoms with Crippen LogP contribution < -0.4 is 10.6 Å². The summed E-state index contributed by atoms with van der Waals surface area (Å²) < 4.78 is 21.2. The smallest absolute Gasteiger partial charge is 0.412 e. The Morgan fingerprint density at radius 3 is 1.65 bits per heavy atom. The van der Waals surface area contributed by atoms with Gasteiger partial charge in [-0.25, -0.2) is 4.79 Å². The molecule has 2 aliphatic heterocycles. The van der Waals surface area contributed by atoms with Gasteiger partial charge in [0.1, 0.15) is 35.9 Å². The molecule has 10 heteroatoms. The summed E-state index contributed by atoms with van der Waals surface area (Å²) in [5, 5.41) is 23.7. The van der Waals surface area contributed by atoms with Crippen molar-refractivity contribution in [2.45, 2.75) is 38.9 Å². The number of cyclic esters (lactones) is 1. The molecule has 1 amide bonds. The molecule has 0 aliphatic carbocycles. The van der Waals surface area contributed by atoms with Crippen molar-refractivity contribution < 1.29 is 23.1 Å². The minimum absolute atomic E-state index is 0.265. The summed E-state index contributed by atoms with van der Waals surface area (Å²) in [6, 6.07) is 18.9. The van der Waals surface area contributed by atoms with Crippen LogP contribution in [0.2, 0.25) is 0 Å². The average molecular weight is 553 g/mol. The van der Waals surface area contributed by atoms with Crippen molar-refractivity contribution in [2.24, 2.45) is 0 Å². The van der Waals surface area contributed by atoms with E-state index in [1.807, 2.05) is 76.2 Å². The highest BCUT2D eigenvalue weighted by Crippen LogP contribution is 2.39. The number of fused-ring (bicyclic) bond motifs is 2. The number of furan rings is 2. The summed E-state index contributed by atoms with van der Waals surface area (Å²) in [6.45, 7) is 7.62. The van der Waals surface area contributed by atoms with Crippen molar-refractivity contribution in [3.63, 3.8) is 0 Å². The van der Waals surface area contributed by atoms with E-state index in [4.69, 9.17) is 41.0 Å². The van der Waals surface area contributed by atoms with Crippen molar-refractivity contribution in [2.75, 3.05) is 10.6 Å². The fraction of sp³-hybridized carbons (Fsp3) is 0.200. The number of ether oxygens (including phenoxy) is 2. The summed E-state index contributed by atoms with van der Waals surface area (Å²) in [5.74, 6) is 0.564. The fourth-order valence-electron chi connectivity index (χ4n) is 4.60. The molecule has 0 unspecified atom stereocenters. The Kier molecular flexibility index (Phi) is 6.58. The van der Waals surface area contributed by atoms with E-state index in [0.717, 1.165) is 44.8 Å². The third-order valence-corrected chi connectivity index (χ3v) is 6.78. The number of carbonyl (C=O) groups excluding carboxylic acids is 1. The van der Waals surface area contributed by atoms with Crippen LogP contribution in [-0.2, 0) is 20.7 Å². The first kappa shape index (κ1) is 26.5. The Bertz CT molecular complexity index is 1610. The van der Waals surface area contributed by atoms with Gasteiger partial charge >= 0.3 is 6.09 Å². The van der Waals surface area contributed by atoms with Crippen molar-refractivity contribution in [3.8, 4) is 34.4 Å². The molecule has 0 atom stereocenters. The predicted octanol–water partition coefficient (Wildman–Crippen LogP) is 7.40. The second-order valence-corrected chi connectivity index (χ2v) is 10.6. The average Bonchev–Trinajstić information content (AvgIpc) is 3.58. The maximum absolute atomic E-state index is 11.5. The van der Waals surface area contributed by atoms with Crippen LogP contribution in [0.1, 0.15) is 50.3 Å². The fourth-order valence-corrected chi connectivity index (χ4v) is 4.92. The van der Waals surface area contributed by atoms with E-state index in [9.17, 15) is 4.79 Å². The molecule has 2 aromatic heterocycles. The summed E-state index contributed by atoms with van der Waals surface area (Å²) in [7, 11) is 0. The lowest BCUT2D eigenvalue weighted by atomic mass is 9.92. The molecule has 2 N–H and O–H groups in total. The number of amides is 1. The van der Waals surface area contributed by atoms with Gasteiger partial charge in [-0.3, -0.25) is 5.32 Å². The molecule has 2 aromatic carbocycles. The number of hydrogen-bond acceptors (Lipinski definition) is 8. The lowest BCUT2D eigenvalue weighted by Gasteiger charge is -2.34. The van der Waals surface area contributed by atoms with Crippen molar-refractivity contribution >= 4 is 34.9 Å². The Balaban J connectivity index is 0.000000161. The number of hydrogen-bond donors (Lipinski definition) is 2. The zero-order chi connectivity index (χ0) is 28.7. The molecule has 0 fully saturated rings. The minimum atomic E-state index is -0.699. The van der Waals surface area contributed by atoms with E-state index in [1.165, 1.54) is 6.26 Å². The molecule has 200 valence electrons. The molecule has 4 aromatic rings. The summed E-state index contributed by atoms with van der Waals surface area (Å²) in [6.07, 6.45) is 2.66. The lowest BCUT2D eigenvalue weighted by Crippen LogP contribution is -2.34. The monoisotopic (exact) mass is 552 g/mol. The van der Waals surface area contributed by atoms with Crippen LogP contribution >= 0.6 is 12.2 Å². The van der Waals surface area contributed by atoms with E-state index in [-0.39, 0.29) is 5.76 Å². The maximum Gasteiger partial charge on any atom is 0.412 e. The highest BCUT2D eigenvalue weighted by molar-refractivity contribution is 7.80. The zero-order valence-corrected chi connectivity index (χ0v) is 22.9. The number of nitriles is 2. The first-order valence-corrected chi connectivity index (χ1v) is 12.7. The quantitative estimate of drug-likeness (QED) is 0.244. The molecular weight excluding hydrogens is 528 g/mol. The van der Waals surface area contributed by atoms with Gasteiger partial charge in [-0.15, -0.1) is 0 Å². The van der Waals surface area contributed by atoms with Crippen LogP contribution in [0.25, 0.3) is 22.3 Å². The number of nitrogens with zero attached hydrogens (tertiary/aromatic N) is 2. The van der Waals surface area contributed by atoms with Gasteiger partial charge in [0.2, 0.25) is 11.5 Å². The van der Waals surface area contributed by atoms with E-state index in [1.54, 1.807) is 18.4 Å². The molecule has 4 heterocycles. The van der Waals surface area contributed by atoms with Gasteiger partial charge in [0.05, 0.1) is 5.69 Å². The number of nitrogens with one attached hydrogen (secondary N) is 2. The molecule has 0 saturated heterocycles. The molecule has 0 spiro atoms. The zero-order valence-electron chi connectivity index (χ0n) is 22.1. The highest BCUT2D eigenvalue weighted by atomic mass is 32.1. The van der Waals surface area contributed by atoms with Gasteiger partial charge in [0.15, 0.2) is 0 Å². The molecule has 0 saturated carbocycles. The van der Waals surface area contributed by atoms with Crippen LogP contribution in [0.5, 0.6) is 0 Å². The Labute approximate surface area is 235 Å². The van der Waals surface area contributed by atoms with Gasteiger partial charge in [-0.05, 0) is 75.3 Å². The van der Waals surface area contributed by atoms with Crippen LogP contribution in [-0.4, -0.2) is 11.3 Å². The van der Waals surface area contributed by atoms with Crippen LogP contribution in [0.3, 0.4) is 0 Å². The highest BCUT2D eigenvalue weighted by Gasteiger charge is 2.34. The molecule has 40 heavy (non-hydrogen) atoms. The second-order valence-electron chi connectivity index (χ2n) is 10.2. The third kappa shape index (κ3) is 5.13. The molecule has 6 rings (SSSR count). The predicted molar refractivity (Wildman–Crippen MR) is 151 cm³/mol. The van der Waals surface area contributed by atoms with Crippen molar-refractivity contribution in [1.29, 1.82) is 10.5 Å². The third-order valence-electron chi connectivity index (χ3n) is 6.59. The van der Waals surface area contributed by atoms with Crippen LogP contribution in [0, 0.1) is 22.7 Å². The number of rotatable bonds is 2. The summed E-state index contributed by atoms with van der Waals surface area (Å²) in [5.41, 5.74) is 5.95. The number of thiocarbonyl (C=S) groups is 1. The molecule has 9 nitrogen and oxygen atoms in total. The SMILES string of the molecule is CC1(C)OC(=O)Nc2ccc(-c3coc(C#N)c3)cc21.CC1(C)OC(=S)Nc2ccc(-c3coc(C#N)c3)cc21. The topological polar surface area (TPSA) is 133 Å². The van der Waals surface area contributed by atoms with E-state index < -0.39 is 17.3 Å². The number of benzene rings is 2. The first-order chi connectivity index (χ1) is 19.0. The van der Waals surface area contributed by atoms with Crippen molar-refractivity contribution in [1.82, 2.24) is 0 Å². The van der Waals surface area contributed by atoms with Crippen molar-refractivity contribution in [3.05, 3.63) is 83.7 Å². The minimum Gasteiger partial charge on any atom is -0.460 e. The van der Waals surface area contributed by atoms with Gasteiger partial charge in [0, 0.05) is 40.1 Å². The van der Waals surface area contributed by atoms with E-state index >= 15 is 0 Å². The lowest BCUT2D eigenvalue weighted by molar-refractivity contribution is 0.0421. The van der Waals surface area contributed by atoms with Gasteiger partial charge < -0.3 is 23.6 Å². The Hall–Kier alpha value is -5.06. The van der Waals surface area contributed by atoms with E-state index in [0.29, 0.717) is 10.9 Å².